The Morgan fingerprint density at radius 2 is 2.30 bits per heavy atom. The molecule has 1 fully saturated rings. The van der Waals surface area contributed by atoms with Gasteiger partial charge in [-0.25, -0.2) is 9.97 Å². The molecule has 8 nitrogen and oxygen atoms in total. The van der Waals surface area contributed by atoms with Crippen molar-refractivity contribution in [3.05, 3.63) is 52.9 Å². The van der Waals surface area contributed by atoms with Gasteiger partial charge in [-0.3, -0.25) is 14.0 Å². The number of aromatic amines is 1. The molecule has 8 heteroatoms. The van der Waals surface area contributed by atoms with Gasteiger partial charge in [0, 0.05) is 30.7 Å². The van der Waals surface area contributed by atoms with E-state index in [1.807, 2.05) is 0 Å². The normalized spacial score (nSPS) is 18.4. The lowest BCUT2D eigenvalue weighted by Gasteiger charge is -2.35. The predicted octanol–water partition coefficient (Wildman–Crippen LogP) is 1.38. The maximum absolute atomic E-state index is 12.6. The van der Waals surface area contributed by atoms with Crippen molar-refractivity contribution in [1.29, 1.82) is 0 Å². The second kappa shape index (κ2) is 5.38. The smallest absolute Gasteiger partial charge is 0.291 e. The lowest BCUT2D eigenvalue weighted by Crippen LogP contribution is -2.39. The second-order valence-electron chi connectivity index (χ2n) is 5.56. The molecule has 3 aromatic heterocycles. The molecule has 1 atom stereocenters. The van der Waals surface area contributed by atoms with E-state index in [1.54, 1.807) is 17.3 Å². The summed E-state index contributed by atoms with van der Waals surface area (Å²) >= 11 is 0. The number of hydrogen-bond acceptors (Lipinski definition) is 5. The minimum atomic E-state index is -0.212. The van der Waals surface area contributed by atoms with Crippen LogP contribution in [0.25, 0.3) is 5.78 Å². The Morgan fingerprint density at radius 3 is 3.13 bits per heavy atom. The molecular formula is C15H15N5O3. The predicted molar refractivity (Wildman–Crippen MR) is 79.9 cm³/mol. The highest BCUT2D eigenvalue weighted by molar-refractivity contribution is 5.91. The average Bonchev–Trinajstić information content (AvgIpc) is 3.25. The lowest BCUT2D eigenvalue weighted by atomic mass is 9.98. The molecule has 1 N–H and O–H groups in total. The number of fused-ring (bicyclic) bond motifs is 1. The maximum atomic E-state index is 12.6. The molecule has 0 aliphatic carbocycles. The van der Waals surface area contributed by atoms with Crippen LogP contribution in [0.4, 0.5) is 0 Å². The van der Waals surface area contributed by atoms with E-state index in [0.717, 1.165) is 19.3 Å². The molecule has 0 aromatic carbocycles. The van der Waals surface area contributed by atoms with Crippen molar-refractivity contribution in [3.8, 4) is 0 Å². The van der Waals surface area contributed by atoms with E-state index in [1.165, 1.54) is 23.1 Å². The third-order valence-electron chi connectivity index (χ3n) is 4.18. The Balaban J connectivity index is 1.74. The third-order valence-corrected chi connectivity index (χ3v) is 4.18. The van der Waals surface area contributed by atoms with Gasteiger partial charge in [0.15, 0.2) is 6.39 Å². The van der Waals surface area contributed by atoms with Crippen LogP contribution in [0.15, 0.2) is 40.3 Å². The van der Waals surface area contributed by atoms with Crippen molar-refractivity contribution in [2.45, 2.75) is 25.3 Å². The number of aromatic nitrogens is 4. The summed E-state index contributed by atoms with van der Waals surface area (Å²) in [5, 5.41) is 0. The molecule has 0 radical (unpaired) electrons. The van der Waals surface area contributed by atoms with Crippen molar-refractivity contribution >= 4 is 11.7 Å². The zero-order valence-electron chi connectivity index (χ0n) is 12.3. The number of rotatable bonds is 2. The number of carbonyl (C=O) groups is 1. The second-order valence-corrected chi connectivity index (χ2v) is 5.56. The number of hydrogen-bond donors (Lipinski definition) is 1. The number of piperidine rings is 1. The molecule has 118 valence electrons. The summed E-state index contributed by atoms with van der Waals surface area (Å²) in [6.45, 7) is 0.617. The Labute approximate surface area is 130 Å². The van der Waals surface area contributed by atoms with Crippen molar-refractivity contribution in [2.24, 2.45) is 0 Å². The Morgan fingerprint density at radius 1 is 1.39 bits per heavy atom. The molecule has 1 aliphatic rings. The average molecular weight is 313 g/mol. The molecule has 4 heterocycles. The van der Waals surface area contributed by atoms with Crippen LogP contribution in [0.5, 0.6) is 0 Å². The largest absolute Gasteiger partial charge is 0.438 e. The van der Waals surface area contributed by atoms with Crippen molar-refractivity contribution in [2.75, 3.05) is 6.54 Å². The Kier molecular flexibility index (Phi) is 3.22. The number of amides is 1. The van der Waals surface area contributed by atoms with E-state index in [2.05, 4.69) is 15.0 Å². The SMILES string of the molecule is O=C(c1cnco1)N1CCCCC1c1cc(=O)n2ccnc2[nH]1. The fourth-order valence-electron chi connectivity index (χ4n) is 3.08. The number of oxazole rings is 1. The molecular weight excluding hydrogens is 298 g/mol. The van der Waals surface area contributed by atoms with Crippen LogP contribution in [0, 0.1) is 0 Å². The molecule has 0 spiro atoms. The first-order valence-electron chi connectivity index (χ1n) is 7.50. The monoisotopic (exact) mass is 313 g/mol. The van der Waals surface area contributed by atoms with Crippen LogP contribution in [0.3, 0.4) is 0 Å². The van der Waals surface area contributed by atoms with Gasteiger partial charge in [-0.15, -0.1) is 0 Å². The summed E-state index contributed by atoms with van der Waals surface area (Å²) in [4.78, 5) is 37.6. The highest BCUT2D eigenvalue weighted by atomic mass is 16.3. The van der Waals surface area contributed by atoms with Gasteiger partial charge in [0.2, 0.25) is 11.5 Å². The Hall–Kier alpha value is -2.90. The van der Waals surface area contributed by atoms with Gasteiger partial charge in [-0.2, -0.15) is 0 Å². The molecule has 4 rings (SSSR count). The molecule has 0 saturated carbocycles. The van der Waals surface area contributed by atoms with Crippen LogP contribution in [-0.2, 0) is 0 Å². The first kappa shape index (κ1) is 13.7. The standard InChI is InChI=1S/C15H15N5O3/c21-13-7-10(18-15-17-4-6-20(13)15)11-3-1-2-5-19(11)14(22)12-8-16-9-23-12/h4,6-9,11H,1-3,5H2,(H,17,18). The quantitative estimate of drug-likeness (QED) is 0.771. The van der Waals surface area contributed by atoms with Gasteiger partial charge < -0.3 is 14.3 Å². The molecule has 1 amide bonds. The van der Waals surface area contributed by atoms with Crippen LogP contribution >= 0.6 is 0 Å². The van der Waals surface area contributed by atoms with E-state index < -0.39 is 0 Å². The van der Waals surface area contributed by atoms with Gasteiger partial charge in [0.05, 0.1) is 12.2 Å². The molecule has 0 bridgehead atoms. The molecule has 1 aliphatic heterocycles. The summed E-state index contributed by atoms with van der Waals surface area (Å²) in [6.07, 6.45) is 8.52. The molecule has 23 heavy (non-hydrogen) atoms. The Bertz CT molecular complexity index is 895. The van der Waals surface area contributed by atoms with Crippen molar-refractivity contribution < 1.29 is 9.21 Å². The van der Waals surface area contributed by atoms with Crippen LogP contribution in [0.1, 0.15) is 41.6 Å². The number of carbonyl (C=O) groups excluding carboxylic acids is 1. The number of nitrogens with one attached hydrogen (secondary N) is 1. The van der Waals surface area contributed by atoms with Gasteiger partial charge in [0.1, 0.15) is 0 Å². The maximum Gasteiger partial charge on any atom is 0.291 e. The van der Waals surface area contributed by atoms with Crippen molar-refractivity contribution in [3.63, 3.8) is 0 Å². The number of H-pyrrole nitrogens is 1. The first-order valence-corrected chi connectivity index (χ1v) is 7.50. The van der Waals surface area contributed by atoms with Gasteiger partial charge in [0.25, 0.3) is 11.5 Å². The van der Waals surface area contributed by atoms with Crippen LogP contribution in [0.2, 0.25) is 0 Å². The highest BCUT2D eigenvalue weighted by Crippen LogP contribution is 2.30. The first-order chi connectivity index (χ1) is 11.2. The van der Waals surface area contributed by atoms with E-state index in [4.69, 9.17) is 4.42 Å². The molecule has 1 unspecified atom stereocenters. The summed E-state index contributed by atoms with van der Waals surface area (Å²) in [5.41, 5.74) is 0.533. The van der Waals surface area contributed by atoms with Gasteiger partial charge >= 0.3 is 0 Å². The van der Waals surface area contributed by atoms with Gasteiger partial charge in [-0.05, 0) is 19.3 Å². The fourth-order valence-corrected chi connectivity index (χ4v) is 3.08. The summed E-state index contributed by atoms with van der Waals surface area (Å²) in [5.74, 6) is 0.475. The van der Waals surface area contributed by atoms with Gasteiger partial charge in [-0.1, -0.05) is 0 Å². The van der Waals surface area contributed by atoms with E-state index in [0.29, 0.717) is 18.0 Å². The number of likely N-dealkylation sites (tertiary alicyclic amines) is 1. The summed E-state index contributed by atoms with van der Waals surface area (Å²) < 4.78 is 6.56. The molecule has 3 aromatic rings. The number of nitrogens with zero attached hydrogens (tertiary/aromatic N) is 4. The van der Waals surface area contributed by atoms with E-state index in [9.17, 15) is 9.59 Å². The molecule has 1 saturated heterocycles. The topological polar surface area (TPSA) is 96.5 Å². The number of imidazole rings is 1. The third kappa shape index (κ3) is 2.32. The zero-order chi connectivity index (χ0) is 15.8. The minimum absolute atomic E-state index is 0.163. The minimum Gasteiger partial charge on any atom is -0.438 e. The zero-order valence-corrected chi connectivity index (χ0v) is 12.3. The van der Waals surface area contributed by atoms with Crippen molar-refractivity contribution in [1.82, 2.24) is 24.3 Å². The van der Waals surface area contributed by atoms with E-state index >= 15 is 0 Å². The van der Waals surface area contributed by atoms with Crippen LogP contribution in [-0.4, -0.2) is 36.7 Å². The van der Waals surface area contributed by atoms with E-state index in [-0.39, 0.29) is 23.3 Å². The lowest BCUT2D eigenvalue weighted by molar-refractivity contribution is 0.0573. The fraction of sp³-hybridized carbons (Fsp3) is 0.333. The highest BCUT2D eigenvalue weighted by Gasteiger charge is 2.31. The van der Waals surface area contributed by atoms with Crippen LogP contribution < -0.4 is 5.56 Å². The summed E-state index contributed by atoms with van der Waals surface area (Å²) in [6, 6.07) is 1.33. The summed E-state index contributed by atoms with van der Waals surface area (Å²) in [7, 11) is 0.